The van der Waals surface area contributed by atoms with Crippen molar-refractivity contribution in [2.24, 2.45) is 5.92 Å². The zero-order valence-corrected chi connectivity index (χ0v) is 13.6. The Morgan fingerprint density at radius 3 is 2.75 bits per heavy atom. The first-order valence-electron chi connectivity index (χ1n) is 7.90. The van der Waals surface area contributed by atoms with Crippen molar-refractivity contribution in [3.63, 3.8) is 0 Å². The van der Waals surface area contributed by atoms with Crippen LogP contribution in [-0.2, 0) is 17.6 Å². The highest BCUT2D eigenvalue weighted by Crippen LogP contribution is 2.29. The molecule has 0 bridgehead atoms. The highest BCUT2D eigenvalue weighted by molar-refractivity contribution is 5.89. The van der Waals surface area contributed by atoms with E-state index in [-0.39, 0.29) is 11.9 Å². The Balaban J connectivity index is 1.61. The topological polar surface area (TPSA) is 116 Å². The summed E-state index contributed by atoms with van der Waals surface area (Å²) in [6, 6.07) is 7.53. The number of ether oxygens (including phenoxy) is 1. The molecular weight excluding hydrogens is 306 g/mol. The maximum absolute atomic E-state index is 11.4. The third kappa shape index (κ3) is 3.40. The van der Waals surface area contributed by atoms with E-state index in [0.29, 0.717) is 17.3 Å². The maximum atomic E-state index is 11.4. The van der Waals surface area contributed by atoms with Crippen molar-refractivity contribution in [1.82, 2.24) is 9.97 Å². The molecule has 1 aliphatic heterocycles. The van der Waals surface area contributed by atoms with E-state index in [2.05, 4.69) is 15.3 Å². The Kier molecular flexibility index (Phi) is 4.50. The SMILES string of the molecule is COC(=O)c1ccc(CCC2CNc3nc(N)nc(N)c3C2)cc1. The van der Waals surface area contributed by atoms with E-state index >= 15 is 0 Å². The van der Waals surface area contributed by atoms with E-state index in [1.807, 2.05) is 12.1 Å². The number of aromatic nitrogens is 2. The Labute approximate surface area is 140 Å². The molecule has 0 radical (unpaired) electrons. The number of nitrogens with zero attached hydrogens (tertiary/aromatic N) is 2. The van der Waals surface area contributed by atoms with Crippen LogP contribution in [0.5, 0.6) is 0 Å². The van der Waals surface area contributed by atoms with Gasteiger partial charge >= 0.3 is 5.97 Å². The maximum Gasteiger partial charge on any atom is 0.337 e. The predicted molar refractivity (Wildman–Crippen MR) is 92.6 cm³/mol. The lowest BCUT2D eigenvalue weighted by atomic mass is 9.90. The molecule has 2 heterocycles. The predicted octanol–water partition coefficient (Wildman–Crippen LogP) is 1.64. The van der Waals surface area contributed by atoms with Gasteiger partial charge < -0.3 is 21.5 Å². The van der Waals surface area contributed by atoms with Gasteiger partial charge in [-0.05, 0) is 42.9 Å². The number of nitrogen functional groups attached to an aromatic ring is 2. The number of hydrogen-bond donors (Lipinski definition) is 3. The van der Waals surface area contributed by atoms with Crippen LogP contribution < -0.4 is 16.8 Å². The minimum absolute atomic E-state index is 0.197. The van der Waals surface area contributed by atoms with E-state index < -0.39 is 0 Å². The number of aryl methyl sites for hydroxylation is 1. The van der Waals surface area contributed by atoms with Gasteiger partial charge in [0, 0.05) is 12.1 Å². The summed E-state index contributed by atoms with van der Waals surface area (Å²) >= 11 is 0. The average Bonchev–Trinajstić information content (AvgIpc) is 2.60. The minimum atomic E-state index is -0.315. The molecule has 7 heteroatoms. The Morgan fingerprint density at radius 2 is 2.04 bits per heavy atom. The summed E-state index contributed by atoms with van der Waals surface area (Å²) in [6.07, 6.45) is 2.78. The smallest absolute Gasteiger partial charge is 0.337 e. The van der Waals surface area contributed by atoms with Crippen molar-refractivity contribution in [2.45, 2.75) is 19.3 Å². The summed E-state index contributed by atoms with van der Waals surface area (Å²) in [4.78, 5) is 19.7. The van der Waals surface area contributed by atoms with Crippen LogP contribution in [0.25, 0.3) is 0 Å². The Bertz CT molecular complexity index is 745. The summed E-state index contributed by atoms with van der Waals surface area (Å²) in [7, 11) is 1.38. The van der Waals surface area contributed by atoms with Crippen molar-refractivity contribution in [3.05, 3.63) is 41.0 Å². The van der Waals surface area contributed by atoms with Crippen molar-refractivity contribution < 1.29 is 9.53 Å². The third-order valence-electron chi connectivity index (χ3n) is 4.32. The molecule has 2 aromatic rings. The van der Waals surface area contributed by atoms with Crippen LogP contribution in [0.2, 0.25) is 0 Å². The molecule has 1 aromatic carbocycles. The molecule has 24 heavy (non-hydrogen) atoms. The molecule has 1 aliphatic rings. The van der Waals surface area contributed by atoms with Crippen LogP contribution in [0.15, 0.2) is 24.3 Å². The number of rotatable bonds is 4. The van der Waals surface area contributed by atoms with Crippen LogP contribution in [-0.4, -0.2) is 29.6 Å². The number of carbonyl (C=O) groups is 1. The van der Waals surface area contributed by atoms with Crippen molar-refractivity contribution in [2.75, 3.05) is 30.4 Å². The summed E-state index contributed by atoms with van der Waals surface area (Å²) in [5, 5.41) is 3.29. The lowest BCUT2D eigenvalue weighted by Crippen LogP contribution is -2.26. The highest BCUT2D eigenvalue weighted by atomic mass is 16.5. The molecule has 0 fully saturated rings. The lowest BCUT2D eigenvalue weighted by molar-refractivity contribution is 0.0600. The quantitative estimate of drug-likeness (QED) is 0.731. The van der Waals surface area contributed by atoms with Crippen LogP contribution in [0.3, 0.4) is 0 Å². The van der Waals surface area contributed by atoms with Crippen molar-refractivity contribution in [1.29, 1.82) is 0 Å². The summed E-state index contributed by atoms with van der Waals surface area (Å²) in [5.74, 6) is 1.54. The van der Waals surface area contributed by atoms with Gasteiger partial charge in [-0.3, -0.25) is 0 Å². The van der Waals surface area contributed by atoms with Crippen LogP contribution >= 0.6 is 0 Å². The average molecular weight is 327 g/mol. The first-order valence-corrected chi connectivity index (χ1v) is 7.90. The second-order valence-electron chi connectivity index (χ2n) is 5.97. The summed E-state index contributed by atoms with van der Waals surface area (Å²) in [5.41, 5.74) is 14.3. The first-order chi connectivity index (χ1) is 11.6. The van der Waals surface area contributed by atoms with Gasteiger partial charge in [-0.15, -0.1) is 0 Å². The number of nitrogens with two attached hydrogens (primary N) is 2. The standard InChI is InChI=1S/C17H21N5O2/c1-24-16(23)12-6-4-10(5-7-12)2-3-11-8-13-14(18)21-17(19)22-15(13)20-9-11/h4-7,11H,2-3,8-9H2,1H3,(H5,18,19,20,21,22). The lowest BCUT2D eigenvalue weighted by Gasteiger charge is -2.26. The van der Waals surface area contributed by atoms with Gasteiger partial charge in [-0.2, -0.15) is 9.97 Å². The molecule has 0 aliphatic carbocycles. The fraction of sp³-hybridized carbons (Fsp3) is 0.353. The number of fused-ring (bicyclic) bond motifs is 1. The van der Waals surface area contributed by atoms with Gasteiger partial charge in [0.2, 0.25) is 5.95 Å². The largest absolute Gasteiger partial charge is 0.465 e. The molecule has 126 valence electrons. The first kappa shape index (κ1) is 16.0. The van der Waals surface area contributed by atoms with Gasteiger partial charge in [-0.1, -0.05) is 12.1 Å². The molecule has 0 amide bonds. The van der Waals surface area contributed by atoms with E-state index in [0.717, 1.165) is 37.2 Å². The molecule has 0 saturated carbocycles. The van der Waals surface area contributed by atoms with Crippen LogP contribution in [0.4, 0.5) is 17.6 Å². The normalized spacial score (nSPS) is 16.1. The molecule has 0 spiro atoms. The summed E-state index contributed by atoms with van der Waals surface area (Å²) in [6.45, 7) is 0.836. The van der Waals surface area contributed by atoms with E-state index in [1.165, 1.54) is 12.7 Å². The second kappa shape index (κ2) is 6.74. The number of benzene rings is 1. The van der Waals surface area contributed by atoms with E-state index in [1.54, 1.807) is 12.1 Å². The Hall–Kier alpha value is -2.83. The fourth-order valence-corrected chi connectivity index (χ4v) is 2.97. The number of anilines is 3. The highest BCUT2D eigenvalue weighted by Gasteiger charge is 2.22. The molecule has 0 saturated heterocycles. The number of nitrogens with one attached hydrogen (secondary N) is 1. The summed E-state index contributed by atoms with van der Waals surface area (Å²) < 4.78 is 4.70. The van der Waals surface area contributed by atoms with E-state index in [9.17, 15) is 4.79 Å². The zero-order valence-electron chi connectivity index (χ0n) is 13.6. The fourth-order valence-electron chi connectivity index (χ4n) is 2.97. The molecule has 1 atom stereocenters. The van der Waals surface area contributed by atoms with Crippen molar-refractivity contribution in [3.8, 4) is 0 Å². The molecule has 5 N–H and O–H groups in total. The zero-order chi connectivity index (χ0) is 17.1. The van der Waals surface area contributed by atoms with Crippen molar-refractivity contribution >= 4 is 23.6 Å². The molecule has 7 nitrogen and oxygen atoms in total. The monoisotopic (exact) mass is 327 g/mol. The molecule has 3 rings (SSSR count). The van der Waals surface area contributed by atoms with Gasteiger partial charge in [0.25, 0.3) is 0 Å². The van der Waals surface area contributed by atoms with Gasteiger partial charge in [0.05, 0.1) is 12.7 Å². The van der Waals surface area contributed by atoms with E-state index in [4.69, 9.17) is 16.2 Å². The molecular formula is C17H21N5O2. The van der Waals surface area contributed by atoms with Crippen LogP contribution in [0, 0.1) is 5.92 Å². The molecule has 1 unspecified atom stereocenters. The number of esters is 1. The van der Waals surface area contributed by atoms with Gasteiger partial charge in [0.15, 0.2) is 0 Å². The van der Waals surface area contributed by atoms with Crippen LogP contribution in [0.1, 0.15) is 27.9 Å². The minimum Gasteiger partial charge on any atom is -0.465 e. The molecule has 1 aromatic heterocycles. The Morgan fingerprint density at radius 1 is 1.29 bits per heavy atom. The number of carbonyl (C=O) groups excluding carboxylic acids is 1. The van der Waals surface area contributed by atoms with Gasteiger partial charge in [-0.25, -0.2) is 4.79 Å². The second-order valence-corrected chi connectivity index (χ2v) is 5.97. The number of methoxy groups -OCH3 is 1. The number of hydrogen-bond acceptors (Lipinski definition) is 7. The van der Waals surface area contributed by atoms with Gasteiger partial charge in [0.1, 0.15) is 11.6 Å². The third-order valence-corrected chi connectivity index (χ3v) is 4.32.